The number of hydrogen-bond acceptors (Lipinski definition) is 6. The lowest BCUT2D eigenvalue weighted by Crippen LogP contribution is -2.14. The van der Waals surface area contributed by atoms with E-state index in [1.54, 1.807) is 13.0 Å². The van der Waals surface area contributed by atoms with Crippen molar-refractivity contribution < 1.29 is 26.1 Å². The Hall–Kier alpha value is -2.06. The molecule has 1 N–H and O–H groups in total. The van der Waals surface area contributed by atoms with Crippen molar-refractivity contribution in [2.75, 3.05) is 6.26 Å². The van der Waals surface area contributed by atoms with E-state index in [1.807, 2.05) is 0 Å². The van der Waals surface area contributed by atoms with Crippen LogP contribution in [0.25, 0.3) is 0 Å². The molecule has 0 saturated heterocycles. The monoisotopic (exact) mass is 342 g/mol. The van der Waals surface area contributed by atoms with E-state index in [0.29, 0.717) is 5.56 Å². The van der Waals surface area contributed by atoms with E-state index < -0.39 is 24.9 Å². The largest absolute Gasteiger partial charge is 0.504 e. The van der Waals surface area contributed by atoms with Crippen molar-refractivity contribution in [3.8, 4) is 11.5 Å². The SMILES string of the molecule is Cc1cccc(O)c1OS(=O)(=O)c1ccccc1S(C)(=O)=O. The van der Waals surface area contributed by atoms with Gasteiger partial charge in [0.2, 0.25) is 0 Å². The Morgan fingerprint density at radius 3 is 2.05 bits per heavy atom. The molecule has 0 radical (unpaired) electrons. The maximum atomic E-state index is 12.4. The smallest absolute Gasteiger partial charge is 0.340 e. The Labute approximate surface area is 129 Å². The Bertz CT molecular complexity index is 894. The second-order valence-electron chi connectivity index (χ2n) is 4.68. The normalized spacial score (nSPS) is 12.1. The zero-order valence-corrected chi connectivity index (χ0v) is 13.5. The van der Waals surface area contributed by atoms with Crippen molar-refractivity contribution in [2.24, 2.45) is 0 Å². The zero-order chi connectivity index (χ0) is 16.5. The van der Waals surface area contributed by atoms with Crippen molar-refractivity contribution in [3.05, 3.63) is 48.0 Å². The summed E-state index contributed by atoms with van der Waals surface area (Å²) in [6, 6.07) is 9.51. The summed E-state index contributed by atoms with van der Waals surface area (Å²) >= 11 is 0. The molecule has 8 heteroatoms. The van der Waals surface area contributed by atoms with Crippen LogP contribution in [-0.2, 0) is 20.0 Å². The molecular weight excluding hydrogens is 328 g/mol. The number of phenolic OH excluding ortho intramolecular Hbond substituents is 1. The summed E-state index contributed by atoms with van der Waals surface area (Å²) in [6.45, 7) is 1.56. The van der Waals surface area contributed by atoms with Crippen LogP contribution >= 0.6 is 0 Å². The fraction of sp³-hybridized carbons (Fsp3) is 0.143. The van der Waals surface area contributed by atoms with E-state index in [2.05, 4.69) is 0 Å². The molecule has 2 aromatic rings. The second kappa shape index (κ2) is 5.62. The average molecular weight is 342 g/mol. The van der Waals surface area contributed by atoms with E-state index in [0.717, 1.165) is 12.3 Å². The summed E-state index contributed by atoms with van der Waals surface area (Å²) in [6.07, 6.45) is 0.909. The first-order chi connectivity index (χ1) is 10.1. The number of para-hydroxylation sites is 1. The number of aromatic hydroxyl groups is 1. The highest BCUT2D eigenvalue weighted by Crippen LogP contribution is 2.33. The molecule has 0 saturated carbocycles. The number of benzene rings is 2. The average Bonchev–Trinajstić information content (AvgIpc) is 2.42. The van der Waals surface area contributed by atoms with E-state index in [-0.39, 0.29) is 16.4 Å². The minimum Gasteiger partial charge on any atom is -0.504 e. The van der Waals surface area contributed by atoms with Gasteiger partial charge in [0.25, 0.3) is 0 Å². The summed E-state index contributed by atoms with van der Waals surface area (Å²) in [5.74, 6) is -0.578. The van der Waals surface area contributed by atoms with Gasteiger partial charge in [0.1, 0.15) is 4.90 Å². The van der Waals surface area contributed by atoms with E-state index in [4.69, 9.17) is 4.18 Å². The molecule has 0 bridgehead atoms. The lowest BCUT2D eigenvalue weighted by Gasteiger charge is -2.12. The summed E-state index contributed by atoms with van der Waals surface area (Å²) in [5, 5.41) is 9.72. The molecule has 0 aliphatic rings. The highest BCUT2D eigenvalue weighted by Gasteiger charge is 2.26. The van der Waals surface area contributed by atoms with Crippen LogP contribution < -0.4 is 4.18 Å². The Kier molecular flexibility index (Phi) is 4.17. The van der Waals surface area contributed by atoms with Gasteiger partial charge < -0.3 is 9.29 Å². The van der Waals surface area contributed by atoms with Crippen molar-refractivity contribution >= 4 is 20.0 Å². The highest BCUT2D eigenvalue weighted by molar-refractivity contribution is 7.92. The van der Waals surface area contributed by atoms with E-state index in [1.165, 1.54) is 30.3 Å². The first-order valence-corrected chi connectivity index (χ1v) is 9.45. The molecule has 118 valence electrons. The van der Waals surface area contributed by atoms with Crippen LogP contribution in [0.4, 0.5) is 0 Å². The fourth-order valence-electron chi connectivity index (χ4n) is 1.86. The Balaban J connectivity index is 2.58. The van der Waals surface area contributed by atoms with Crippen molar-refractivity contribution in [2.45, 2.75) is 16.7 Å². The van der Waals surface area contributed by atoms with Gasteiger partial charge in [0.05, 0.1) is 4.90 Å². The van der Waals surface area contributed by atoms with Crippen LogP contribution in [0.2, 0.25) is 0 Å². The molecule has 0 unspecified atom stereocenters. The van der Waals surface area contributed by atoms with E-state index in [9.17, 15) is 21.9 Å². The maximum absolute atomic E-state index is 12.4. The van der Waals surface area contributed by atoms with Gasteiger partial charge in [0.15, 0.2) is 21.3 Å². The molecule has 0 aromatic heterocycles. The molecule has 0 atom stereocenters. The predicted molar refractivity (Wildman–Crippen MR) is 80.2 cm³/mol. The lowest BCUT2D eigenvalue weighted by atomic mass is 10.2. The number of sulfone groups is 1. The van der Waals surface area contributed by atoms with Gasteiger partial charge in [-0.05, 0) is 30.7 Å². The third kappa shape index (κ3) is 3.23. The summed E-state index contributed by atoms with van der Waals surface area (Å²) < 4.78 is 53.1. The standard InChI is InChI=1S/C14H14O6S2/c1-10-6-5-7-11(15)14(10)20-22(18,19)13-9-4-3-8-12(13)21(2,16)17/h3-9,15H,1-2H3. The van der Waals surface area contributed by atoms with Gasteiger partial charge in [-0.25, -0.2) is 8.42 Å². The van der Waals surface area contributed by atoms with Gasteiger partial charge in [-0.15, -0.1) is 0 Å². The molecule has 2 aromatic carbocycles. The Morgan fingerprint density at radius 2 is 1.50 bits per heavy atom. The van der Waals surface area contributed by atoms with Crippen molar-refractivity contribution in [3.63, 3.8) is 0 Å². The fourth-order valence-corrected chi connectivity index (χ4v) is 4.47. The summed E-state index contributed by atoms with van der Waals surface area (Å²) in [4.78, 5) is -0.830. The van der Waals surface area contributed by atoms with Gasteiger partial charge >= 0.3 is 10.1 Å². The quantitative estimate of drug-likeness (QED) is 0.852. The van der Waals surface area contributed by atoms with Gasteiger partial charge in [-0.1, -0.05) is 24.3 Å². The summed E-state index contributed by atoms with van der Waals surface area (Å²) in [5.41, 5.74) is 0.403. The highest BCUT2D eigenvalue weighted by atomic mass is 32.2. The van der Waals surface area contributed by atoms with Crippen LogP contribution in [0.5, 0.6) is 11.5 Å². The molecular formula is C14H14O6S2. The molecule has 2 rings (SSSR count). The molecule has 0 aliphatic heterocycles. The van der Waals surface area contributed by atoms with Crippen LogP contribution in [0.3, 0.4) is 0 Å². The van der Waals surface area contributed by atoms with Gasteiger partial charge in [-0.3, -0.25) is 0 Å². The van der Waals surface area contributed by atoms with Crippen LogP contribution in [0.1, 0.15) is 5.56 Å². The molecule has 0 fully saturated rings. The minimum atomic E-state index is -4.41. The third-order valence-electron chi connectivity index (χ3n) is 2.90. The topological polar surface area (TPSA) is 97.7 Å². The minimum absolute atomic E-state index is 0.231. The first kappa shape index (κ1) is 16.3. The Morgan fingerprint density at radius 1 is 0.909 bits per heavy atom. The van der Waals surface area contributed by atoms with Crippen LogP contribution in [0.15, 0.2) is 52.3 Å². The van der Waals surface area contributed by atoms with Crippen LogP contribution in [0, 0.1) is 6.92 Å². The molecule has 0 aliphatic carbocycles. The first-order valence-electron chi connectivity index (χ1n) is 6.15. The lowest BCUT2D eigenvalue weighted by molar-refractivity contribution is 0.425. The number of aryl methyl sites for hydroxylation is 1. The molecule has 0 amide bonds. The molecule has 0 heterocycles. The molecule has 22 heavy (non-hydrogen) atoms. The molecule has 0 spiro atoms. The second-order valence-corrected chi connectivity index (χ2v) is 8.18. The predicted octanol–water partition coefficient (Wildman–Crippen LogP) is 1.87. The number of hydrogen-bond donors (Lipinski definition) is 1. The number of rotatable bonds is 4. The van der Waals surface area contributed by atoms with Gasteiger partial charge in [-0.2, -0.15) is 8.42 Å². The number of phenols is 1. The summed E-state index contributed by atoms with van der Waals surface area (Å²) in [7, 11) is -8.16. The third-order valence-corrected chi connectivity index (χ3v) is 5.47. The maximum Gasteiger partial charge on any atom is 0.340 e. The van der Waals surface area contributed by atoms with E-state index >= 15 is 0 Å². The zero-order valence-electron chi connectivity index (χ0n) is 11.8. The van der Waals surface area contributed by atoms with Gasteiger partial charge in [0, 0.05) is 6.26 Å². The van der Waals surface area contributed by atoms with Crippen molar-refractivity contribution in [1.29, 1.82) is 0 Å². The molecule has 6 nitrogen and oxygen atoms in total. The van der Waals surface area contributed by atoms with Crippen molar-refractivity contribution in [1.82, 2.24) is 0 Å². The van der Waals surface area contributed by atoms with Crippen LogP contribution in [-0.4, -0.2) is 28.2 Å².